The first kappa shape index (κ1) is 14.0. The molecule has 2 rings (SSSR count). The lowest BCUT2D eigenvalue weighted by molar-refractivity contribution is 0.0694. The molecule has 0 fully saturated rings. The zero-order chi connectivity index (χ0) is 14.7. The van der Waals surface area contributed by atoms with E-state index >= 15 is 0 Å². The van der Waals surface area contributed by atoms with Gasteiger partial charge in [0.2, 0.25) is 0 Å². The first-order valence-corrected chi connectivity index (χ1v) is 5.93. The minimum absolute atomic E-state index is 0.0428. The quantitative estimate of drug-likeness (QED) is 0.888. The van der Waals surface area contributed by atoms with Crippen molar-refractivity contribution in [2.45, 2.75) is 13.5 Å². The van der Waals surface area contributed by atoms with Crippen LogP contribution in [0.2, 0.25) is 5.15 Å². The Morgan fingerprint density at radius 1 is 1.45 bits per heavy atom. The average molecular weight is 296 g/mol. The third-order valence-corrected chi connectivity index (χ3v) is 2.64. The lowest BCUT2D eigenvalue weighted by Gasteiger charge is -2.02. The molecule has 2 aromatic heterocycles. The number of nitrogens with one attached hydrogen (secondary N) is 1. The monoisotopic (exact) mass is 295 g/mol. The maximum atomic E-state index is 11.8. The number of aromatic nitrogens is 2. The summed E-state index contributed by atoms with van der Waals surface area (Å²) in [5.74, 6) is -0.942. The molecule has 0 saturated heterocycles. The first-order chi connectivity index (χ1) is 9.47. The van der Waals surface area contributed by atoms with Crippen LogP contribution >= 0.6 is 11.6 Å². The zero-order valence-electron chi connectivity index (χ0n) is 10.4. The number of halogens is 1. The largest absolute Gasteiger partial charge is 0.478 e. The van der Waals surface area contributed by atoms with Crippen molar-refractivity contribution in [1.82, 2.24) is 15.3 Å². The average Bonchev–Trinajstić information content (AvgIpc) is 2.77. The number of carboxylic acid groups (broad SMARTS) is 1. The van der Waals surface area contributed by atoms with Crippen LogP contribution in [0.5, 0.6) is 0 Å². The number of hydrogen-bond acceptors (Lipinski definition) is 5. The van der Waals surface area contributed by atoms with E-state index in [0.717, 1.165) is 0 Å². The van der Waals surface area contributed by atoms with Gasteiger partial charge in [-0.05, 0) is 13.0 Å². The molecule has 20 heavy (non-hydrogen) atoms. The number of carbonyl (C=O) groups is 2. The van der Waals surface area contributed by atoms with E-state index in [1.165, 1.54) is 25.4 Å². The van der Waals surface area contributed by atoms with Crippen molar-refractivity contribution in [3.63, 3.8) is 0 Å². The summed E-state index contributed by atoms with van der Waals surface area (Å²) in [7, 11) is 0. The Morgan fingerprint density at radius 2 is 2.20 bits per heavy atom. The van der Waals surface area contributed by atoms with Gasteiger partial charge in [-0.25, -0.2) is 9.78 Å². The van der Waals surface area contributed by atoms with Gasteiger partial charge in [0.25, 0.3) is 5.91 Å². The molecule has 104 valence electrons. The second-order valence-electron chi connectivity index (χ2n) is 3.90. The summed E-state index contributed by atoms with van der Waals surface area (Å²) in [6.45, 7) is 1.58. The minimum atomic E-state index is -1.08. The van der Waals surface area contributed by atoms with Gasteiger partial charge in [0.15, 0.2) is 0 Å². The summed E-state index contributed by atoms with van der Waals surface area (Å²) in [6, 6.07) is 1.36. The number of amides is 1. The number of carboxylic acids is 1. The number of carbonyl (C=O) groups excluding carboxylic acids is 1. The van der Waals surface area contributed by atoms with Crippen LogP contribution in [0, 0.1) is 6.92 Å². The summed E-state index contributed by atoms with van der Waals surface area (Å²) in [5, 5.41) is 11.5. The predicted molar refractivity (Wildman–Crippen MR) is 68.6 cm³/mol. The topological polar surface area (TPSA) is 105 Å². The van der Waals surface area contributed by atoms with Crippen molar-refractivity contribution in [2.75, 3.05) is 0 Å². The standard InChI is InChI=1S/C12H10ClN3O4/c1-6-8(12(18)19)2-7(20-6)3-15-11(17)9-4-14-5-10(13)16-9/h2,4-5H,3H2,1H3,(H,15,17)(H,18,19). The Kier molecular flexibility index (Phi) is 3.99. The van der Waals surface area contributed by atoms with Crippen LogP contribution < -0.4 is 5.32 Å². The predicted octanol–water partition coefficient (Wildman–Crippen LogP) is 1.66. The number of rotatable bonds is 4. The molecule has 0 aliphatic heterocycles. The van der Waals surface area contributed by atoms with Gasteiger partial charge in [-0.3, -0.25) is 9.78 Å². The van der Waals surface area contributed by atoms with Crippen LogP contribution in [0.3, 0.4) is 0 Å². The Balaban J connectivity index is 2.04. The summed E-state index contributed by atoms with van der Waals surface area (Å²) < 4.78 is 5.23. The van der Waals surface area contributed by atoms with Crippen molar-refractivity contribution < 1.29 is 19.1 Å². The Hall–Kier alpha value is -2.41. The van der Waals surface area contributed by atoms with E-state index in [2.05, 4.69) is 15.3 Å². The maximum Gasteiger partial charge on any atom is 0.339 e. The van der Waals surface area contributed by atoms with E-state index < -0.39 is 11.9 Å². The number of nitrogens with zero attached hydrogens (tertiary/aromatic N) is 2. The molecule has 2 N–H and O–H groups in total. The van der Waals surface area contributed by atoms with Crippen LogP contribution in [0.4, 0.5) is 0 Å². The summed E-state index contributed by atoms with van der Waals surface area (Å²) in [5.41, 5.74) is 0.135. The van der Waals surface area contributed by atoms with Gasteiger partial charge in [-0.15, -0.1) is 0 Å². The van der Waals surface area contributed by atoms with Gasteiger partial charge in [-0.1, -0.05) is 11.6 Å². The molecule has 0 aliphatic rings. The molecule has 2 heterocycles. The van der Waals surface area contributed by atoms with E-state index in [1.54, 1.807) is 0 Å². The van der Waals surface area contributed by atoms with E-state index in [4.69, 9.17) is 21.1 Å². The van der Waals surface area contributed by atoms with Gasteiger partial charge in [-0.2, -0.15) is 0 Å². The molecule has 7 nitrogen and oxygen atoms in total. The number of hydrogen-bond donors (Lipinski definition) is 2. The van der Waals surface area contributed by atoms with Crippen LogP contribution in [0.25, 0.3) is 0 Å². The third-order valence-electron chi connectivity index (χ3n) is 2.46. The van der Waals surface area contributed by atoms with E-state index in [0.29, 0.717) is 5.76 Å². The zero-order valence-corrected chi connectivity index (χ0v) is 11.1. The van der Waals surface area contributed by atoms with Crippen LogP contribution in [0.1, 0.15) is 32.4 Å². The van der Waals surface area contributed by atoms with E-state index in [1.807, 2.05) is 0 Å². The van der Waals surface area contributed by atoms with Crippen molar-refractivity contribution in [3.8, 4) is 0 Å². The van der Waals surface area contributed by atoms with Crippen LogP contribution in [-0.2, 0) is 6.54 Å². The fraction of sp³-hybridized carbons (Fsp3) is 0.167. The molecular formula is C12H10ClN3O4. The normalized spacial score (nSPS) is 10.3. The molecule has 0 unspecified atom stereocenters. The molecule has 1 amide bonds. The molecule has 0 radical (unpaired) electrons. The summed E-state index contributed by atoms with van der Waals surface area (Å²) in [6.07, 6.45) is 2.59. The number of furan rings is 1. The van der Waals surface area contributed by atoms with Crippen molar-refractivity contribution in [3.05, 3.63) is 46.4 Å². The second-order valence-corrected chi connectivity index (χ2v) is 4.28. The fourth-order valence-electron chi connectivity index (χ4n) is 1.55. The van der Waals surface area contributed by atoms with Crippen molar-refractivity contribution in [2.24, 2.45) is 0 Å². The van der Waals surface area contributed by atoms with Crippen molar-refractivity contribution >= 4 is 23.5 Å². The smallest absolute Gasteiger partial charge is 0.339 e. The minimum Gasteiger partial charge on any atom is -0.478 e. The van der Waals surface area contributed by atoms with Gasteiger partial charge in [0, 0.05) is 0 Å². The Morgan fingerprint density at radius 3 is 2.80 bits per heavy atom. The van der Waals surface area contributed by atoms with Gasteiger partial charge in [0.1, 0.15) is 27.9 Å². The van der Waals surface area contributed by atoms with Crippen LogP contribution in [-0.4, -0.2) is 27.0 Å². The molecule has 0 aliphatic carbocycles. The van der Waals surface area contributed by atoms with Crippen LogP contribution in [0.15, 0.2) is 22.9 Å². The maximum absolute atomic E-state index is 11.8. The molecule has 0 bridgehead atoms. The van der Waals surface area contributed by atoms with Gasteiger partial charge < -0.3 is 14.8 Å². The second kappa shape index (κ2) is 5.70. The number of aryl methyl sites for hydroxylation is 1. The molecule has 0 spiro atoms. The SMILES string of the molecule is Cc1oc(CNC(=O)c2cncc(Cl)n2)cc1C(=O)O. The third kappa shape index (κ3) is 3.12. The summed E-state index contributed by atoms with van der Waals surface area (Å²) in [4.78, 5) is 30.2. The Bertz CT molecular complexity index is 668. The highest BCUT2D eigenvalue weighted by atomic mass is 35.5. The molecule has 0 atom stereocenters. The molecule has 2 aromatic rings. The molecular weight excluding hydrogens is 286 g/mol. The van der Waals surface area contributed by atoms with Gasteiger partial charge in [0.05, 0.1) is 18.9 Å². The highest BCUT2D eigenvalue weighted by molar-refractivity contribution is 6.29. The van der Waals surface area contributed by atoms with E-state index in [9.17, 15) is 9.59 Å². The van der Waals surface area contributed by atoms with Gasteiger partial charge >= 0.3 is 5.97 Å². The fourth-order valence-corrected chi connectivity index (χ4v) is 1.70. The van der Waals surface area contributed by atoms with E-state index in [-0.39, 0.29) is 28.7 Å². The highest BCUT2D eigenvalue weighted by Gasteiger charge is 2.15. The summed E-state index contributed by atoms with van der Waals surface area (Å²) >= 11 is 5.63. The molecule has 8 heteroatoms. The van der Waals surface area contributed by atoms with Crippen molar-refractivity contribution in [1.29, 1.82) is 0 Å². The first-order valence-electron chi connectivity index (χ1n) is 5.55. The molecule has 0 aromatic carbocycles. The number of aromatic carboxylic acids is 1. The molecule has 0 saturated carbocycles. The lowest BCUT2D eigenvalue weighted by Crippen LogP contribution is -2.23. The highest BCUT2D eigenvalue weighted by Crippen LogP contribution is 2.14. The Labute approximate surface area is 118 Å². The lowest BCUT2D eigenvalue weighted by atomic mass is 10.2.